The summed E-state index contributed by atoms with van der Waals surface area (Å²) in [5.74, 6) is 1.33. The zero-order chi connectivity index (χ0) is 53.3. The van der Waals surface area contributed by atoms with Gasteiger partial charge in [-0.15, -0.1) is 17.0 Å². The number of H-pyrrole nitrogens is 2. The van der Waals surface area contributed by atoms with Crippen LogP contribution in [0.15, 0.2) is 125 Å². The summed E-state index contributed by atoms with van der Waals surface area (Å²) in [6.07, 6.45) is -9.64. The van der Waals surface area contributed by atoms with Crippen molar-refractivity contribution >= 4 is 34.6 Å². The van der Waals surface area contributed by atoms with Crippen molar-refractivity contribution in [1.29, 1.82) is 0 Å². The fourth-order valence-corrected chi connectivity index (χ4v) is 8.08. The van der Waals surface area contributed by atoms with Crippen LogP contribution in [-0.2, 0) is 32.0 Å². The van der Waals surface area contributed by atoms with Gasteiger partial charge < -0.3 is 38.9 Å². The summed E-state index contributed by atoms with van der Waals surface area (Å²) < 4.78 is 130. The molecule has 0 aliphatic carbocycles. The molecule has 2 aliphatic rings. The number of aromatic nitrogens is 6. The zero-order valence-electron chi connectivity index (χ0n) is 39.8. The van der Waals surface area contributed by atoms with Crippen molar-refractivity contribution in [3.8, 4) is 45.7 Å². The highest BCUT2D eigenvalue weighted by atomic mass is 79.9. The SMILES string of the molecule is Br.NCc1cc(=O)[nH]o1.O=Cc1ccc(-c2nc(-c3ccc(N4CCC(F)CC4)c(C(F)(F)F)c3)no2)cc1.O=c1cc(CNCc2ccc(-c3nc(-c4ccc(N5CCC(F)CC5)c(C(F)(F)F)c4)no3)cc2)o[nH]1. The topological polar surface area (TPSA) is 231 Å². The molecule has 4 aromatic heterocycles. The lowest BCUT2D eigenvalue weighted by Gasteiger charge is -2.32. The van der Waals surface area contributed by atoms with Crippen LogP contribution in [0.25, 0.3) is 45.7 Å². The predicted octanol–water partition coefficient (Wildman–Crippen LogP) is 10.1. The molecule has 0 atom stereocenters. The molecule has 0 unspecified atom stereocenters. The lowest BCUT2D eigenvalue weighted by Crippen LogP contribution is -2.35. The van der Waals surface area contributed by atoms with E-state index in [0.29, 0.717) is 47.6 Å². The number of alkyl halides is 8. The highest BCUT2D eigenvalue weighted by molar-refractivity contribution is 8.93. The third-order valence-electron chi connectivity index (χ3n) is 12.0. The Morgan fingerprint density at radius 2 is 1.03 bits per heavy atom. The number of carbonyl (C=O) groups excluding carboxylic acids is 1. The molecule has 2 saturated heterocycles. The van der Waals surface area contributed by atoms with E-state index in [1.165, 1.54) is 36.4 Å². The van der Waals surface area contributed by atoms with Crippen molar-refractivity contribution in [2.45, 2.75) is 70.0 Å². The van der Waals surface area contributed by atoms with Gasteiger partial charge in [0.25, 0.3) is 22.9 Å². The number of benzene rings is 4. The fraction of sp³-hybridized carbons (Fsp3) is 0.300. The molecule has 76 heavy (non-hydrogen) atoms. The molecule has 0 bridgehead atoms. The maximum Gasteiger partial charge on any atom is 0.418 e. The van der Waals surface area contributed by atoms with Crippen molar-refractivity contribution in [3.05, 3.63) is 152 Å². The number of hydrogen-bond donors (Lipinski definition) is 4. The standard InChI is InChI=1S/C25H23F4N5O3.C21H17F4N3O2.C4H6N2O2.BrH/c26-18-7-9-34(10-8-18)21-6-5-17(11-20(21)25(27,28)29)23-31-24(37-33-23)16-3-1-15(2-4-16)13-30-14-19-12-22(35)32-36-19;22-16-7-9-28(10-8-16)18-6-5-15(11-17(18)21(23,24)25)19-26-20(30-27-19)14-3-1-13(12-29)2-4-14;5-2-3-1-4(7)6-8-3;/h1-6,11-12,18,30H,7-10,13-14H2,(H,32,35);1-6,11-12,16H,7-10H2;1H,2,5H2,(H,6,7);1H. The quantitative estimate of drug-likeness (QED) is 0.0658. The predicted molar refractivity (Wildman–Crippen MR) is 266 cm³/mol. The van der Waals surface area contributed by atoms with Gasteiger partial charge in [0, 0.05) is 84.0 Å². The van der Waals surface area contributed by atoms with E-state index in [1.54, 1.807) is 46.2 Å². The number of nitrogens with zero attached hydrogens (tertiary/aromatic N) is 6. The molecule has 0 amide bonds. The van der Waals surface area contributed by atoms with Crippen LogP contribution < -0.4 is 32.0 Å². The number of rotatable bonds is 12. The van der Waals surface area contributed by atoms with Crippen molar-refractivity contribution in [3.63, 3.8) is 0 Å². The van der Waals surface area contributed by atoms with Crippen LogP contribution in [0.1, 0.15) is 64.3 Å². The van der Waals surface area contributed by atoms with E-state index in [-0.39, 0.29) is 132 Å². The molecule has 8 aromatic rings. The summed E-state index contributed by atoms with van der Waals surface area (Å²) >= 11 is 0. The minimum absolute atomic E-state index is 0. The number of aromatic amines is 2. The molecule has 10 rings (SSSR count). The number of nitrogens with two attached hydrogens (primary N) is 1. The lowest BCUT2D eigenvalue weighted by molar-refractivity contribution is -0.138. The Hall–Kier alpha value is -7.71. The van der Waals surface area contributed by atoms with Gasteiger partial charge >= 0.3 is 12.4 Å². The molecule has 5 N–H and O–H groups in total. The van der Waals surface area contributed by atoms with Gasteiger partial charge in [-0.2, -0.15) is 46.6 Å². The molecule has 0 spiro atoms. The van der Waals surface area contributed by atoms with Gasteiger partial charge in [0.15, 0.2) is 11.5 Å². The van der Waals surface area contributed by atoms with E-state index in [4.69, 9.17) is 19.3 Å². The molecule has 26 heteroatoms. The molecule has 2 aliphatic heterocycles. The number of piperidine rings is 2. The Balaban J connectivity index is 0.000000193. The van der Waals surface area contributed by atoms with Crippen LogP contribution in [0.2, 0.25) is 0 Å². The number of nitrogens with one attached hydrogen (secondary N) is 3. The molecular formula is C50H47BrF8N10O7. The van der Waals surface area contributed by atoms with E-state index in [9.17, 15) is 49.5 Å². The van der Waals surface area contributed by atoms with Crippen molar-refractivity contribution in [1.82, 2.24) is 35.9 Å². The first-order valence-electron chi connectivity index (χ1n) is 23.2. The summed E-state index contributed by atoms with van der Waals surface area (Å²) in [5.41, 5.74) is 5.87. The second-order valence-electron chi connectivity index (χ2n) is 17.2. The molecule has 17 nitrogen and oxygen atoms in total. The van der Waals surface area contributed by atoms with Gasteiger partial charge in [-0.05, 0) is 91.9 Å². The van der Waals surface area contributed by atoms with Crippen molar-refractivity contribution < 1.29 is 58.0 Å². The number of hydrogen-bond acceptors (Lipinski definition) is 15. The first-order valence-corrected chi connectivity index (χ1v) is 23.2. The summed E-state index contributed by atoms with van der Waals surface area (Å²) in [6.45, 7) is 2.06. The molecule has 402 valence electrons. The van der Waals surface area contributed by atoms with Crippen LogP contribution in [0.4, 0.5) is 46.5 Å². The third kappa shape index (κ3) is 14.4. The Labute approximate surface area is 436 Å². The largest absolute Gasteiger partial charge is 0.418 e. The van der Waals surface area contributed by atoms with E-state index in [1.807, 2.05) is 12.1 Å². The average Bonchev–Trinajstić information content (AvgIpc) is 4.27. The Bertz CT molecular complexity index is 3260. The van der Waals surface area contributed by atoms with Gasteiger partial charge in [0.05, 0.1) is 24.2 Å². The highest BCUT2D eigenvalue weighted by Crippen LogP contribution is 2.42. The summed E-state index contributed by atoms with van der Waals surface area (Å²) in [5, 5.41) is 15.1. The van der Waals surface area contributed by atoms with E-state index in [0.717, 1.165) is 17.7 Å². The minimum atomic E-state index is -4.60. The van der Waals surface area contributed by atoms with Gasteiger partial charge in [-0.25, -0.2) is 8.78 Å². The van der Waals surface area contributed by atoms with Gasteiger partial charge in [0.1, 0.15) is 18.6 Å². The average molecular weight is 1130 g/mol. The van der Waals surface area contributed by atoms with Crippen LogP contribution in [0.5, 0.6) is 0 Å². The smallest absolute Gasteiger partial charge is 0.382 e. The Morgan fingerprint density at radius 1 is 0.605 bits per heavy atom. The Morgan fingerprint density at radius 3 is 1.41 bits per heavy atom. The number of aldehydes is 1. The van der Waals surface area contributed by atoms with Crippen LogP contribution in [0, 0.1) is 0 Å². The van der Waals surface area contributed by atoms with E-state index in [2.05, 4.69) is 40.4 Å². The second kappa shape index (κ2) is 24.8. The van der Waals surface area contributed by atoms with Crippen LogP contribution >= 0.6 is 17.0 Å². The fourth-order valence-electron chi connectivity index (χ4n) is 8.08. The normalized spacial score (nSPS) is 14.3. The highest BCUT2D eigenvalue weighted by Gasteiger charge is 2.38. The summed E-state index contributed by atoms with van der Waals surface area (Å²) in [4.78, 5) is 43.7. The number of carbonyl (C=O) groups is 1. The minimum Gasteiger partial charge on any atom is -0.382 e. The van der Waals surface area contributed by atoms with Crippen LogP contribution in [0.3, 0.4) is 0 Å². The van der Waals surface area contributed by atoms with Gasteiger partial charge in [-0.1, -0.05) is 34.6 Å². The third-order valence-corrected chi connectivity index (χ3v) is 12.0. The monoisotopic (exact) mass is 1130 g/mol. The molecule has 6 heterocycles. The van der Waals surface area contributed by atoms with E-state index >= 15 is 0 Å². The maximum atomic E-state index is 13.9. The molecule has 2 fully saturated rings. The zero-order valence-corrected chi connectivity index (χ0v) is 41.5. The Kier molecular flexibility index (Phi) is 18.3. The van der Waals surface area contributed by atoms with Gasteiger partial charge in [-0.3, -0.25) is 14.4 Å². The van der Waals surface area contributed by atoms with E-state index < -0.39 is 35.8 Å². The van der Waals surface area contributed by atoms with Gasteiger partial charge in [0.2, 0.25) is 11.6 Å². The lowest BCUT2D eigenvalue weighted by atomic mass is 10.0. The summed E-state index contributed by atoms with van der Waals surface area (Å²) in [6, 6.07) is 24.0. The number of anilines is 2. The second-order valence-corrected chi connectivity index (χ2v) is 17.2. The molecule has 4 aromatic carbocycles. The first kappa shape index (κ1) is 56.0. The molecule has 0 radical (unpaired) electrons. The van der Waals surface area contributed by atoms with Crippen molar-refractivity contribution in [2.75, 3.05) is 36.0 Å². The van der Waals surface area contributed by atoms with Crippen LogP contribution in [-0.4, -0.2) is 75.4 Å². The summed E-state index contributed by atoms with van der Waals surface area (Å²) in [7, 11) is 0. The molecule has 0 saturated carbocycles. The molecular weight excluding hydrogens is 1080 g/mol. The van der Waals surface area contributed by atoms with Crippen molar-refractivity contribution in [2.24, 2.45) is 5.73 Å². The first-order chi connectivity index (χ1) is 35.9. The number of halogens is 9. The maximum absolute atomic E-state index is 13.9.